The second-order valence-electron chi connectivity index (χ2n) is 8.47. The van der Waals surface area contributed by atoms with Crippen molar-refractivity contribution in [2.24, 2.45) is 0 Å². The van der Waals surface area contributed by atoms with Gasteiger partial charge in [0.05, 0.1) is 24.3 Å². The zero-order valence-electron chi connectivity index (χ0n) is 18.2. The monoisotopic (exact) mass is 438 g/mol. The van der Waals surface area contributed by atoms with Crippen molar-refractivity contribution in [1.29, 1.82) is 0 Å². The second kappa shape index (κ2) is 9.02. The normalized spacial score (nSPS) is 20.1. The molecule has 0 bridgehead atoms. The second-order valence-corrected chi connectivity index (χ2v) is 8.47. The molecular formula is C25H27FN2O4. The van der Waals surface area contributed by atoms with Gasteiger partial charge in [0.15, 0.2) is 5.76 Å². The van der Waals surface area contributed by atoms with Crippen LogP contribution in [0.25, 0.3) is 6.08 Å². The van der Waals surface area contributed by atoms with Crippen LogP contribution in [0.15, 0.2) is 36.1 Å². The number of aryl methyl sites for hydroxylation is 1. The van der Waals surface area contributed by atoms with E-state index in [1.165, 1.54) is 12.1 Å². The molecule has 0 N–H and O–H groups in total. The molecular weight excluding hydrogens is 411 g/mol. The number of benzene rings is 2. The van der Waals surface area contributed by atoms with Crippen LogP contribution in [0.2, 0.25) is 0 Å². The van der Waals surface area contributed by atoms with Crippen LogP contribution in [0.4, 0.5) is 4.39 Å². The van der Waals surface area contributed by atoms with E-state index in [1.807, 2.05) is 13.0 Å². The molecule has 0 atom stereocenters. The highest BCUT2D eigenvalue weighted by Gasteiger charge is 2.35. The maximum absolute atomic E-state index is 14.1. The molecule has 1 fully saturated rings. The average molecular weight is 438 g/mol. The van der Waals surface area contributed by atoms with Gasteiger partial charge in [0.2, 0.25) is 5.78 Å². The summed E-state index contributed by atoms with van der Waals surface area (Å²) in [5.41, 5.74) is 2.57. The molecule has 3 heterocycles. The Morgan fingerprint density at radius 2 is 1.91 bits per heavy atom. The summed E-state index contributed by atoms with van der Waals surface area (Å²) in [5, 5.41) is 0. The van der Waals surface area contributed by atoms with Gasteiger partial charge in [-0.3, -0.25) is 14.6 Å². The van der Waals surface area contributed by atoms with Crippen LogP contribution in [-0.4, -0.2) is 61.7 Å². The highest BCUT2D eigenvalue weighted by molar-refractivity contribution is 6.15. The van der Waals surface area contributed by atoms with Gasteiger partial charge < -0.3 is 14.2 Å². The first kappa shape index (κ1) is 21.1. The summed E-state index contributed by atoms with van der Waals surface area (Å²) in [6, 6.07) is 8.26. The molecule has 3 aliphatic rings. The molecule has 0 unspecified atom stereocenters. The van der Waals surface area contributed by atoms with Crippen molar-refractivity contribution in [1.82, 2.24) is 9.80 Å². The summed E-state index contributed by atoms with van der Waals surface area (Å²) >= 11 is 0. The van der Waals surface area contributed by atoms with Gasteiger partial charge in [0.25, 0.3) is 0 Å². The van der Waals surface area contributed by atoms with Crippen LogP contribution in [-0.2, 0) is 11.3 Å². The number of allylic oxidation sites excluding steroid dienone is 1. The van der Waals surface area contributed by atoms with E-state index < -0.39 is 0 Å². The molecule has 32 heavy (non-hydrogen) atoms. The minimum atomic E-state index is -0.388. The molecule has 5 rings (SSSR count). The number of nitrogens with zero attached hydrogens (tertiary/aromatic N) is 2. The van der Waals surface area contributed by atoms with Crippen molar-refractivity contribution in [2.45, 2.75) is 19.9 Å². The van der Waals surface area contributed by atoms with Gasteiger partial charge in [-0.15, -0.1) is 0 Å². The number of rotatable bonds is 5. The molecule has 6 nitrogen and oxygen atoms in total. The van der Waals surface area contributed by atoms with Gasteiger partial charge in [0, 0.05) is 31.7 Å². The Balaban J connectivity index is 1.33. The van der Waals surface area contributed by atoms with Crippen LogP contribution in [0.5, 0.6) is 11.5 Å². The highest BCUT2D eigenvalue weighted by Crippen LogP contribution is 2.44. The summed E-state index contributed by atoms with van der Waals surface area (Å²) in [4.78, 5) is 17.7. The lowest BCUT2D eigenvalue weighted by atomic mass is 9.98. The number of fused-ring (bicyclic) bond motifs is 3. The summed E-state index contributed by atoms with van der Waals surface area (Å²) in [6.45, 7) is 8.55. The molecule has 0 radical (unpaired) electrons. The predicted molar refractivity (Wildman–Crippen MR) is 118 cm³/mol. The number of ketones is 1. The first-order chi connectivity index (χ1) is 15.6. The fourth-order valence-electron chi connectivity index (χ4n) is 4.50. The molecule has 0 aliphatic carbocycles. The lowest BCUT2D eigenvalue weighted by Gasteiger charge is -2.31. The Kier molecular flexibility index (Phi) is 5.95. The number of ether oxygens (including phenoxy) is 3. The molecule has 1 saturated heterocycles. The molecule has 2 aromatic rings. The highest BCUT2D eigenvalue weighted by atomic mass is 19.1. The van der Waals surface area contributed by atoms with Crippen molar-refractivity contribution >= 4 is 11.9 Å². The number of morpholine rings is 1. The van der Waals surface area contributed by atoms with Crippen LogP contribution < -0.4 is 9.47 Å². The molecule has 3 aliphatic heterocycles. The van der Waals surface area contributed by atoms with Gasteiger partial charge in [-0.25, -0.2) is 4.39 Å². The molecule has 2 aromatic carbocycles. The van der Waals surface area contributed by atoms with E-state index in [2.05, 4.69) is 9.80 Å². The van der Waals surface area contributed by atoms with Gasteiger partial charge in [-0.2, -0.15) is 0 Å². The zero-order chi connectivity index (χ0) is 22.1. The van der Waals surface area contributed by atoms with Crippen LogP contribution >= 0.6 is 0 Å². The van der Waals surface area contributed by atoms with Gasteiger partial charge >= 0.3 is 0 Å². The molecule has 0 amide bonds. The Bertz CT molecular complexity index is 1060. The van der Waals surface area contributed by atoms with Crippen molar-refractivity contribution in [2.75, 3.05) is 46.1 Å². The third-order valence-electron chi connectivity index (χ3n) is 6.23. The van der Waals surface area contributed by atoms with E-state index in [0.29, 0.717) is 30.2 Å². The fourth-order valence-corrected chi connectivity index (χ4v) is 4.50. The van der Waals surface area contributed by atoms with Gasteiger partial charge in [-0.1, -0.05) is 18.2 Å². The molecule has 0 spiro atoms. The topological polar surface area (TPSA) is 51.2 Å². The third kappa shape index (κ3) is 4.16. The minimum Gasteiger partial charge on any atom is -0.478 e. The molecule has 0 aromatic heterocycles. The number of hydrogen-bond donors (Lipinski definition) is 0. The van der Waals surface area contributed by atoms with Crippen molar-refractivity contribution < 1.29 is 23.4 Å². The van der Waals surface area contributed by atoms with Crippen molar-refractivity contribution in [3.63, 3.8) is 0 Å². The number of hydrogen-bond acceptors (Lipinski definition) is 6. The Hall–Kier alpha value is -2.74. The smallest absolute Gasteiger partial charge is 0.232 e. The SMILES string of the molecule is Cc1cc2c(c3c1C(=O)/C(=C/c1ccccc1F)O3)CN(CCCN1CCOCC1)CO2. The van der Waals surface area contributed by atoms with E-state index in [1.54, 1.807) is 18.2 Å². The molecule has 168 valence electrons. The predicted octanol–water partition coefficient (Wildman–Crippen LogP) is 3.62. The average Bonchev–Trinajstić information content (AvgIpc) is 3.13. The molecule has 0 saturated carbocycles. The number of carbonyl (C=O) groups is 1. The third-order valence-corrected chi connectivity index (χ3v) is 6.23. The largest absolute Gasteiger partial charge is 0.478 e. The van der Waals surface area contributed by atoms with Crippen molar-refractivity contribution in [3.8, 4) is 11.5 Å². The summed E-state index contributed by atoms with van der Waals surface area (Å²) in [5.74, 6) is 0.844. The van der Waals surface area contributed by atoms with Crippen LogP contribution in [0, 0.1) is 12.7 Å². The summed E-state index contributed by atoms with van der Waals surface area (Å²) in [6.07, 6.45) is 2.51. The van der Waals surface area contributed by atoms with E-state index in [-0.39, 0.29) is 17.4 Å². The summed E-state index contributed by atoms with van der Waals surface area (Å²) in [7, 11) is 0. The van der Waals surface area contributed by atoms with E-state index in [0.717, 1.165) is 62.7 Å². The van der Waals surface area contributed by atoms with Gasteiger partial charge in [0.1, 0.15) is 24.0 Å². The summed E-state index contributed by atoms with van der Waals surface area (Å²) < 4.78 is 31.6. The van der Waals surface area contributed by atoms with Crippen LogP contribution in [0.1, 0.15) is 33.5 Å². The van der Waals surface area contributed by atoms with Crippen LogP contribution in [0.3, 0.4) is 0 Å². The Labute approximate surface area is 187 Å². The first-order valence-corrected chi connectivity index (χ1v) is 11.1. The minimum absolute atomic E-state index is 0.144. The fraction of sp³-hybridized carbons (Fsp3) is 0.400. The van der Waals surface area contributed by atoms with Crippen molar-refractivity contribution in [3.05, 3.63) is 64.2 Å². The van der Waals surface area contributed by atoms with E-state index in [9.17, 15) is 9.18 Å². The Morgan fingerprint density at radius 1 is 1.12 bits per heavy atom. The zero-order valence-corrected chi connectivity index (χ0v) is 18.2. The molecule has 7 heteroatoms. The number of carbonyl (C=O) groups excluding carboxylic acids is 1. The van der Waals surface area contributed by atoms with E-state index in [4.69, 9.17) is 14.2 Å². The number of halogens is 1. The number of Topliss-reactive ketones (excluding diaryl/α,β-unsaturated/α-hetero) is 1. The van der Waals surface area contributed by atoms with E-state index >= 15 is 0 Å². The standard InChI is InChI=1S/C25H27FN2O4/c1-17-13-21-19(15-28(16-31-21)8-4-7-27-9-11-30-12-10-27)25-23(17)24(29)22(32-25)14-18-5-2-3-6-20(18)26/h2-3,5-6,13-14H,4,7-12,15-16H2,1H3/b22-14-. The van der Waals surface area contributed by atoms with Gasteiger partial charge in [-0.05, 0) is 43.7 Å². The lowest BCUT2D eigenvalue weighted by molar-refractivity contribution is 0.0329. The Morgan fingerprint density at radius 3 is 2.72 bits per heavy atom. The quantitative estimate of drug-likeness (QED) is 0.665. The maximum atomic E-state index is 14.1. The lowest BCUT2D eigenvalue weighted by Crippen LogP contribution is -2.39. The first-order valence-electron chi connectivity index (χ1n) is 11.1. The maximum Gasteiger partial charge on any atom is 0.232 e.